The van der Waals surface area contributed by atoms with Crippen LogP contribution in [0.5, 0.6) is 0 Å². The topological polar surface area (TPSA) is 108 Å². The van der Waals surface area contributed by atoms with E-state index >= 15 is 0 Å². The number of nitrogen functional groups attached to an aromatic ring is 1. The Kier molecular flexibility index (Phi) is 3.66. The molecule has 2 aliphatic rings. The van der Waals surface area contributed by atoms with Crippen LogP contribution in [0.15, 0.2) is 12.4 Å². The van der Waals surface area contributed by atoms with E-state index in [1.807, 2.05) is 0 Å². The van der Waals surface area contributed by atoms with E-state index in [0.717, 1.165) is 60.8 Å². The van der Waals surface area contributed by atoms with E-state index in [1.165, 1.54) is 6.42 Å². The smallest absolute Gasteiger partial charge is 0.219 e. The average Bonchev–Trinajstić information content (AvgIpc) is 3.07. The largest absolute Gasteiger partial charge is 0.378 e. The fourth-order valence-electron chi connectivity index (χ4n) is 3.59. The predicted molar refractivity (Wildman–Crippen MR) is 96.7 cm³/mol. The molecule has 5 rings (SSSR count). The van der Waals surface area contributed by atoms with E-state index in [4.69, 9.17) is 25.4 Å². The zero-order valence-corrected chi connectivity index (χ0v) is 14.4. The Bertz CT molecular complexity index is 946. The van der Waals surface area contributed by atoms with Crippen LogP contribution in [0.2, 0.25) is 0 Å². The number of ether oxygens (including phenoxy) is 1. The molecule has 0 radical (unpaired) electrons. The number of hydrogen-bond donors (Lipinski definition) is 1. The zero-order chi connectivity index (χ0) is 17.5. The number of hydrogen-bond acceptors (Lipinski definition) is 8. The van der Waals surface area contributed by atoms with E-state index in [-0.39, 0.29) is 5.95 Å². The molecule has 0 saturated carbocycles. The van der Waals surface area contributed by atoms with Crippen molar-refractivity contribution in [2.24, 2.45) is 0 Å². The van der Waals surface area contributed by atoms with Crippen molar-refractivity contribution < 1.29 is 4.74 Å². The molecule has 0 bridgehead atoms. The van der Waals surface area contributed by atoms with Crippen LogP contribution < -0.4 is 10.6 Å². The maximum absolute atomic E-state index is 5.62. The number of nitrogens with zero attached hydrogens (tertiary/aromatic N) is 7. The van der Waals surface area contributed by atoms with Gasteiger partial charge in [-0.2, -0.15) is 0 Å². The first kappa shape index (κ1) is 15.4. The van der Waals surface area contributed by atoms with Crippen molar-refractivity contribution in [3.8, 4) is 11.4 Å². The van der Waals surface area contributed by atoms with Gasteiger partial charge in [0.1, 0.15) is 5.82 Å². The highest BCUT2D eigenvalue weighted by atomic mass is 16.5. The van der Waals surface area contributed by atoms with Crippen LogP contribution in [0.25, 0.3) is 22.6 Å². The number of nitrogens with two attached hydrogens (primary N) is 1. The molecule has 0 aromatic carbocycles. The van der Waals surface area contributed by atoms with E-state index in [1.54, 1.807) is 12.4 Å². The summed E-state index contributed by atoms with van der Waals surface area (Å²) < 4.78 is 7.73. The highest BCUT2D eigenvalue weighted by Gasteiger charge is 2.24. The molecule has 134 valence electrons. The van der Waals surface area contributed by atoms with Crippen molar-refractivity contribution in [3.63, 3.8) is 0 Å². The number of fused-ring (bicyclic) bond motifs is 3. The Morgan fingerprint density at radius 2 is 1.77 bits per heavy atom. The molecule has 2 N–H and O–H groups in total. The molecule has 0 spiro atoms. The first-order valence-corrected chi connectivity index (χ1v) is 8.97. The molecule has 9 heteroatoms. The van der Waals surface area contributed by atoms with Crippen LogP contribution in [0.3, 0.4) is 0 Å². The molecule has 2 aliphatic heterocycles. The lowest BCUT2D eigenvalue weighted by atomic mass is 10.2. The molecule has 26 heavy (non-hydrogen) atoms. The maximum Gasteiger partial charge on any atom is 0.219 e. The Hall–Kier alpha value is -2.81. The summed E-state index contributed by atoms with van der Waals surface area (Å²) in [6.07, 6.45) is 6.64. The fraction of sp³-hybridized carbons (Fsp3) is 0.471. The van der Waals surface area contributed by atoms with Crippen molar-refractivity contribution in [2.45, 2.75) is 25.8 Å². The number of imidazole rings is 1. The summed E-state index contributed by atoms with van der Waals surface area (Å²) in [6.45, 7) is 3.93. The second-order valence-corrected chi connectivity index (χ2v) is 6.61. The highest BCUT2D eigenvalue weighted by molar-refractivity contribution is 5.86. The molecule has 1 fully saturated rings. The minimum Gasteiger partial charge on any atom is -0.378 e. The highest BCUT2D eigenvalue weighted by Crippen LogP contribution is 2.30. The van der Waals surface area contributed by atoms with Gasteiger partial charge in [-0.3, -0.25) is 0 Å². The van der Waals surface area contributed by atoms with Gasteiger partial charge in [-0.15, -0.1) is 0 Å². The minimum atomic E-state index is 0.241. The van der Waals surface area contributed by atoms with Crippen molar-refractivity contribution in [2.75, 3.05) is 36.9 Å². The summed E-state index contributed by atoms with van der Waals surface area (Å²) in [5.41, 5.74) is 8.14. The molecule has 5 heterocycles. The van der Waals surface area contributed by atoms with Crippen molar-refractivity contribution in [3.05, 3.63) is 18.2 Å². The van der Waals surface area contributed by atoms with Crippen LogP contribution in [0.1, 0.15) is 18.7 Å². The predicted octanol–water partition coefficient (Wildman–Crippen LogP) is 1.04. The van der Waals surface area contributed by atoms with E-state index in [2.05, 4.69) is 19.4 Å². The Balaban J connectivity index is 1.71. The zero-order valence-electron chi connectivity index (χ0n) is 14.4. The third-order valence-electron chi connectivity index (χ3n) is 4.93. The lowest BCUT2D eigenvalue weighted by molar-refractivity contribution is 0.122. The molecule has 0 aliphatic carbocycles. The van der Waals surface area contributed by atoms with Gasteiger partial charge in [0.2, 0.25) is 5.95 Å². The molecule has 3 aromatic heterocycles. The van der Waals surface area contributed by atoms with Crippen molar-refractivity contribution >= 4 is 22.9 Å². The van der Waals surface area contributed by atoms with E-state index in [9.17, 15) is 0 Å². The monoisotopic (exact) mass is 352 g/mol. The molecule has 1 saturated heterocycles. The fourth-order valence-corrected chi connectivity index (χ4v) is 3.59. The number of morpholine rings is 1. The van der Waals surface area contributed by atoms with Crippen molar-refractivity contribution in [1.29, 1.82) is 0 Å². The Morgan fingerprint density at radius 3 is 2.58 bits per heavy atom. The number of anilines is 2. The number of rotatable bonds is 2. The molecular formula is C17H20N8O. The second-order valence-electron chi connectivity index (χ2n) is 6.61. The standard InChI is InChI=1S/C17H20N8O/c18-17-19-9-11(10-20-17)14-22-15(24-5-7-26-8-6-24)13-16(23-14)25-4-2-1-3-12(25)21-13/h9-10H,1-8H2,(H2,18,19,20). The van der Waals surface area contributed by atoms with Gasteiger partial charge in [0, 0.05) is 38.4 Å². The number of aromatic nitrogens is 6. The van der Waals surface area contributed by atoms with Gasteiger partial charge >= 0.3 is 0 Å². The summed E-state index contributed by atoms with van der Waals surface area (Å²) in [5, 5.41) is 0. The van der Waals surface area contributed by atoms with Gasteiger partial charge in [0.15, 0.2) is 22.8 Å². The molecule has 0 unspecified atom stereocenters. The average molecular weight is 352 g/mol. The normalized spacial score (nSPS) is 17.5. The lowest BCUT2D eigenvalue weighted by Crippen LogP contribution is -2.37. The summed E-state index contributed by atoms with van der Waals surface area (Å²) in [5.74, 6) is 2.81. The number of aryl methyl sites for hydroxylation is 2. The summed E-state index contributed by atoms with van der Waals surface area (Å²) in [4.78, 5) is 24.9. The Morgan fingerprint density at radius 1 is 0.962 bits per heavy atom. The quantitative estimate of drug-likeness (QED) is 0.729. The lowest BCUT2D eigenvalue weighted by Gasteiger charge is -2.28. The summed E-state index contributed by atoms with van der Waals surface area (Å²) >= 11 is 0. The minimum absolute atomic E-state index is 0.241. The molecular weight excluding hydrogens is 332 g/mol. The second kappa shape index (κ2) is 6.17. The van der Waals surface area contributed by atoms with Crippen LogP contribution >= 0.6 is 0 Å². The first-order valence-electron chi connectivity index (χ1n) is 8.97. The van der Waals surface area contributed by atoms with Crippen LogP contribution in [0.4, 0.5) is 11.8 Å². The summed E-state index contributed by atoms with van der Waals surface area (Å²) in [6, 6.07) is 0. The third-order valence-corrected chi connectivity index (χ3v) is 4.93. The van der Waals surface area contributed by atoms with Gasteiger partial charge in [0.25, 0.3) is 0 Å². The van der Waals surface area contributed by atoms with Crippen LogP contribution in [-0.2, 0) is 17.7 Å². The third kappa shape index (κ3) is 2.55. The van der Waals surface area contributed by atoms with Gasteiger partial charge in [-0.1, -0.05) is 0 Å². The van der Waals surface area contributed by atoms with Crippen molar-refractivity contribution in [1.82, 2.24) is 29.5 Å². The summed E-state index contributed by atoms with van der Waals surface area (Å²) in [7, 11) is 0. The molecule has 3 aromatic rings. The molecule has 9 nitrogen and oxygen atoms in total. The van der Waals surface area contributed by atoms with Gasteiger partial charge in [-0.25, -0.2) is 24.9 Å². The van der Waals surface area contributed by atoms with E-state index < -0.39 is 0 Å². The van der Waals surface area contributed by atoms with Gasteiger partial charge < -0.3 is 19.9 Å². The molecule has 0 atom stereocenters. The molecule has 0 amide bonds. The van der Waals surface area contributed by atoms with Gasteiger partial charge in [0.05, 0.1) is 18.8 Å². The SMILES string of the molecule is Nc1ncc(-c2nc(N3CCOCC3)c3nc4n(c3n2)CCCC4)cn1. The van der Waals surface area contributed by atoms with Gasteiger partial charge in [-0.05, 0) is 12.8 Å². The first-order chi connectivity index (χ1) is 12.8. The maximum atomic E-state index is 5.62. The van der Waals surface area contributed by atoms with Crippen LogP contribution in [0, 0.1) is 0 Å². The van der Waals surface area contributed by atoms with Crippen LogP contribution in [-0.4, -0.2) is 55.8 Å². The Labute approximate surface area is 150 Å². The van der Waals surface area contributed by atoms with E-state index in [0.29, 0.717) is 19.0 Å².